The van der Waals surface area contributed by atoms with Crippen LogP contribution in [0.2, 0.25) is 0 Å². The summed E-state index contributed by atoms with van der Waals surface area (Å²) in [6.45, 7) is 4.72. The van der Waals surface area contributed by atoms with E-state index in [-0.39, 0.29) is 6.61 Å². The van der Waals surface area contributed by atoms with Crippen LogP contribution in [0.15, 0.2) is 11.1 Å². The van der Waals surface area contributed by atoms with Crippen LogP contribution in [-0.2, 0) is 0 Å². The van der Waals surface area contributed by atoms with Gasteiger partial charge in [0.1, 0.15) is 0 Å². The van der Waals surface area contributed by atoms with Gasteiger partial charge in [-0.25, -0.2) is 0 Å². The number of allylic oxidation sites excluding steroid dienone is 1. The van der Waals surface area contributed by atoms with Gasteiger partial charge in [0.05, 0.1) is 6.61 Å². The van der Waals surface area contributed by atoms with Crippen molar-refractivity contribution in [3.05, 3.63) is 11.1 Å². The molecule has 1 aliphatic rings. The number of aliphatic hydroxyl groups excluding tert-OH is 1. The maximum Gasteiger partial charge on any atom is 0.0644 e. The molecule has 0 aromatic carbocycles. The molecule has 0 aliphatic heterocycles. The standard InChI is InChI=1S/C10H18O/c1-8(2)10-6-4-3-5-9(10)7-11/h8,11H,3-7H2,1-2H3. The molecule has 0 saturated carbocycles. The number of rotatable bonds is 2. The largest absolute Gasteiger partial charge is 0.392 e. The fraction of sp³-hybridized carbons (Fsp3) is 0.800. The van der Waals surface area contributed by atoms with Crippen molar-refractivity contribution in [3.8, 4) is 0 Å². The average Bonchev–Trinajstić information content (AvgIpc) is 2.04. The van der Waals surface area contributed by atoms with Gasteiger partial charge in [-0.3, -0.25) is 0 Å². The third-order valence-electron chi connectivity index (χ3n) is 2.52. The van der Waals surface area contributed by atoms with Crippen LogP contribution in [0, 0.1) is 5.92 Å². The summed E-state index contributed by atoms with van der Waals surface area (Å²) < 4.78 is 0. The molecule has 1 heteroatoms. The van der Waals surface area contributed by atoms with Crippen molar-refractivity contribution in [3.63, 3.8) is 0 Å². The number of hydrogen-bond acceptors (Lipinski definition) is 1. The minimum absolute atomic E-state index is 0.285. The smallest absolute Gasteiger partial charge is 0.0644 e. The molecular weight excluding hydrogens is 136 g/mol. The summed E-state index contributed by atoms with van der Waals surface area (Å²) in [7, 11) is 0. The maximum absolute atomic E-state index is 9.05. The lowest BCUT2D eigenvalue weighted by atomic mass is 9.86. The molecule has 0 heterocycles. The Morgan fingerprint density at radius 3 is 2.36 bits per heavy atom. The quantitative estimate of drug-likeness (QED) is 0.606. The molecule has 0 saturated heterocycles. The highest BCUT2D eigenvalue weighted by molar-refractivity contribution is 5.18. The molecule has 0 amide bonds. The summed E-state index contributed by atoms with van der Waals surface area (Å²) >= 11 is 0. The molecule has 0 aromatic rings. The Morgan fingerprint density at radius 1 is 1.27 bits per heavy atom. The van der Waals surface area contributed by atoms with Gasteiger partial charge in [-0.05, 0) is 37.2 Å². The predicted octanol–water partition coefficient (Wildman–Crippen LogP) is 2.51. The van der Waals surface area contributed by atoms with Crippen molar-refractivity contribution in [1.29, 1.82) is 0 Å². The zero-order valence-electron chi connectivity index (χ0n) is 7.56. The van der Waals surface area contributed by atoms with Gasteiger partial charge in [0.25, 0.3) is 0 Å². The summed E-state index contributed by atoms with van der Waals surface area (Å²) in [6.07, 6.45) is 4.93. The Morgan fingerprint density at radius 2 is 1.91 bits per heavy atom. The highest BCUT2D eigenvalue weighted by Gasteiger charge is 2.13. The zero-order chi connectivity index (χ0) is 8.27. The molecule has 64 valence electrons. The fourth-order valence-electron chi connectivity index (χ4n) is 1.87. The third kappa shape index (κ3) is 2.06. The zero-order valence-corrected chi connectivity index (χ0v) is 7.56. The first kappa shape index (κ1) is 8.79. The van der Waals surface area contributed by atoms with E-state index in [1.54, 1.807) is 0 Å². The van der Waals surface area contributed by atoms with Gasteiger partial charge in [0, 0.05) is 0 Å². The molecule has 1 rings (SSSR count). The lowest BCUT2D eigenvalue weighted by molar-refractivity contribution is 0.318. The second-order valence-corrected chi connectivity index (χ2v) is 3.65. The summed E-state index contributed by atoms with van der Waals surface area (Å²) in [5.41, 5.74) is 2.82. The van der Waals surface area contributed by atoms with Crippen molar-refractivity contribution in [2.24, 2.45) is 5.92 Å². The van der Waals surface area contributed by atoms with Crippen molar-refractivity contribution < 1.29 is 5.11 Å². The van der Waals surface area contributed by atoms with Gasteiger partial charge in [0.2, 0.25) is 0 Å². The predicted molar refractivity (Wildman–Crippen MR) is 47.4 cm³/mol. The summed E-state index contributed by atoms with van der Waals surface area (Å²) in [6, 6.07) is 0. The first-order chi connectivity index (χ1) is 5.25. The molecule has 0 spiro atoms. The Kier molecular flexibility index (Phi) is 3.13. The second-order valence-electron chi connectivity index (χ2n) is 3.65. The van der Waals surface area contributed by atoms with Crippen molar-refractivity contribution in [1.82, 2.24) is 0 Å². The minimum atomic E-state index is 0.285. The van der Waals surface area contributed by atoms with Crippen molar-refractivity contribution in [2.75, 3.05) is 6.61 Å². The summed E-state index contributed by atoms with van der Waals surface area (Å²) in [5, 5.41) is 9.05. The molecule has 0 atom stereocenters. The topological polar surface area (TPSA) is 20.2 Å². The lowest BCUT2D eigenvalue weighted by Crippen LogP contribution is -2.07. The molecule has 1 N–H and O–H groups in total. The Bertz CT molecular complexity index is 156. The molecular formula is C10H18O. The molecule has 0 radical (unpaired) electrons. The lowest BCUT2D eigenvalue weighted by Gasteiger charge is -2.21. The van der Waals surface area contributed by atoms with Crippen LogP contribution in [0.3, 0.4) is 0 Å². The van der Waals surface area contributed by atoms with E-state index in [1.165, 1.54) is 30.4 Å². The van der Waals surface area contributed by atoms with Gasteiger partial charge in [-0.1, -0.05) is 19.4 Å². The van der Waals surface area contributed by atoms with E-state index in [2.05, 4.69) is 13.8 Å². The van der Waals surface area contributed by atoms with E-state index in [1.807, 2.05) is 0 Å². The average molecular weight is 154 g/mol. The van der Waals surface area contributed by atoms with E-state index >= 15 is 0 Å². The van der Waals surface area contributed by atoms with Crippen LogP contribution in [0.4, 0.5) is 0 Å². The van der Waals surface area contributed by atoms with E-state index in [4.69, 9.17) is 5.11 Å². The van der Waals surface area contributed by atoms with Crippen molar-refractivity contribution in [2.45, 2.75) is 39.5 Å². The Hall–Kier alpha value is -0.300. The Labute approximate surface area is 69.1 Å². The highest BCUT2D eigenvalue weighted by atomic mass is 16.3. The molecule has 0 unspecified atom stereocenters. The van der Waals surface area contributed by atoms with Gasteiger partial charge in [-0.2, -0.15) is 0 Å². The number of aliphatic hydroxyl groups is 1. The molecule has 0 bridgehead atoms. The van der Waals surface area contributed by atoms with Crippen LogP contribution in [0.5, 0.6) is 0 Å². The summed E-state index contributed by atoms with van der Waals surface area (Å²) in [5.74, 6) is 0.637. The second kappa shape index (κ2) is 3.91. The monoisotopic (exact) mass is 154 g/mol. The summed E-state index contributed by atoms with van der Waals surface area (Å²) in [4.78, 5) is 0. The fourth-order valence-corrected chi connectivity index (χ4v) is 1.87. The Balaban J connectivity index is 2.73. The molecule has 1 nitrogen and oxygen atoms in total. The first-order valence-electron chi connectivity index (χ1n) is 4.57. The third-order valence-corrected chi connectivity index (χ3v) is 2.52. The normalized spacial score (nSPS) is 19.6. The van der Waals surface area contributed by atoms with E-state index in [0.717, 1.165) is 6.42 Å². The van der Waals surface area contributed by atoms with Gasteiger partial charge in [0.15, 0.2) is 0 Å². The highest BCUT2D eigenvalue weighted by Crippen LogP contribution is 2.29. The van der Waals surface area contributed by atoms with Crippen LogP contribution >= 0.6 is 0 Å². The minimum Gasteiger partial charge on any atom is -0.392 e. The molecule has 0 aromatic heterocycles. The van der Waals surface area contributed by atoms with Crippen LogP contribution in [0.25, 0.3) is 0 Å². The molecule has 1 aliphatic carbocycles. The molecule has 11 heavy (non-hydrogen) atoms. The van der Waals surface area contributed by atoms with E-state index in [9.17, 15) is 0 Å². The van der Waals surface area contributed by atoms with Crippen LogP contribution < -0.4 is 0 Å². The van der Waals surface area contributed by atoms with E-state index < -0.39 is 0 Å². The van der Waals surface area contributed by atoms with Crippen LogP contribution in [-0.4, -0.2) is 11.7 Å². The van der Waals surface area contributed by atoms with Gasteiger partial charge >= 0.3 is 0 Å². The van der Waals surface area contributed by atoms with E-state index in [0.29, 0.717) is 5.92 Å². The van der Waals surface area contributed by atoms with Crippen LogP contribution in [0.1, 0.15) is 39.5 Å². The van der Waals surface area contributed by atoms with Gasteiger partial charge < -0.3 is 5.11 Å². The molecule has 0 fully saturated rings. The first-order valence-corrected chi connectivity index (χ1v) is 4.57. The SMILES string of the molecule is CC(C)C1=C(CO)CCCC1. The number of hydrogen-bond donors (Lipinski definition) is 1. The van der Waals surface area contributed by atoms with Crippen molar-refractivity contribution >= 4 is 0 Å². The maximum atomic E-state index is 9.05. The van der Waals surface area contributed by atoms with Gasteiger partial charge in [-0.15, -0.1) is 0 Å².